The highest BCUT2D eigenvalue weighted by Crippen LogP contribution is 2.36. The Morgan fingerprint density at radius 1 is 1.24 bits per heavy atom. The normalized spacial score (nSPS) is 14.2. The van der Waals surface area contributed by atoms with Crippen LogP contribution < -0.4 is 14.4 Å². The van der Waals surface area contributed by atoms with Gasteiger partial charge in [-0.25, -0.2) is 4.79 Å². The number of hydrogen-bond donors (Lipinski definition) is 1. The third-order valence-corrected chi connectivity index (χ3v) is 4.54. The summed E-state index contributed by atoms with van der Waals surface area (Å²) in [5.41, 5.74) is 2.68. The van der Waals surface area contributed by atoms with Gasteiger partial charge >= 0.3 is 5.97 Å². The van der Waals surface area contributed by atoms with Gasteiger partial charge in [0, 0.05) is 25.0 Å². The molecule has 2 aromatic rings. The molecule has 29 heavy (non-hydrogen) atoms. The average Bonchev–Trinajstić information content (AvgIpc) is 2.73. The minimum absolute atomic E-state index is 0.211. The average molecular weight is 419 g/mol. The lowest BCUT2D eigenvalue weighted by Gasteiger charge is -2.28. The van der Waals surface area contributed by atoms with Crippen LogP contribution in [0.4, 0.5) is 11.4 Å². The Morgan fingerprint density at radius 2 is 1.97 bits per heavy atom. The minimum Gasteiger partial charge on any atom is -0.490 e. The number of benzene rings is 2. The summed E-state index contributed by atoms with van der Waals surface area (Å²) < 4.78 is 16.2. The van der Waals surface area contributed by atoms with Crippen molar-refractivity contribution in [2.45, 2.75) is 6.92 Å². The van der Waals surface area contributed by atoms with Crippen LogP contribution in [0.3, 0.4) is 0 Å². The van der Waals surface area contributed by atoms with Crippen LogP contribution in [0.25, 0.3) is 0 Å². The van der Waals surface area contributed by atoms with Crippen molar-refractivity contribution in [2.75, 3.05) is 44.4 Å². The molecule has 0 saturated carbocycles. The molecule has 1 fully saturated rings. The number of rotatable bonds is 8. The number of carboxylic acid groups (broad SMARTS) is 1. The van der Waals surface area contributed by atoms with E-state index in [0.717, 1.165) is 43.2 Å². The van der Waals surface area contributed by atoms with Gasteiger partial charge in [-0.3, -0.25) is 4.99 Å². The van der Waals surface area contributed by atoms with Crippen molar-refractivity contribution in [3.05, 3.63) is 47.0 Å². The molecule has 0 atom stereocenters. The quantitative estimate of drug-likeness (QED) is 0.657. The molecule has 1 saturated heterocycles. The lowest BCUT2D eigenvalue weighted by atomic mass is 10.2. The van der Waals surface area contributed by atoms with Crippen molar-refractivity contribution in [1.29, 1.82) is 0 Å². The fraction of sp³-hybridized carbons (Fsp3) is 0.333. The number of ether oxygens (including phenoxy) is 3. The van der Waals surface area contributed by atoms with Gasteiger partial charge in [-0.2, -0.15) is 0 Å². The number of nitrogens with zero attached hydrogens (tertiary/aromatic N) is 2. The van der Waals surface area contributed by atoms with Gasteiger partial charge < -0.3 is 24.2 Å². The molecular formula is C21H23ClN2O5. The topological polar surface area (TPSA) is 80.6 Å². The van der Waals surface area contributed by atoms with Gasteiger partial charge in [-0.15, -0.1) is 0 Å². The van der Waals surface area contributed by atoms with Gasteiger partial charge in [0.2, 0.25) is 0 Å². The Balaban J connectivity index is 1.74. The first-order valence-electron chi connectivity index (χ1n) is 9.34. The number of morpholine rings is 1. The van der Waals surface area contributed by atoms with E-state index in [9.17, 15) is 4.79 Å². The first kappa shape index (κ1) is 21.0. The predicted molar refractivity (Wildman–Crippen MR) is 112 cm³/mol. The largest absolute Gasteiger partial charge is 0.490 e. The summed E-state index contributed by atoms with van der Waals surface area (Å²) in [5, 5.41) is 9.08. The molecule has 0 aliphatic carbocycles. The number of aliphatic imine (C=N–C) groups is 1. The van der Waals surface area contributed by atoms with Gasteiger partial charge in [0.1, 0.15) is 0 Å². The number of aliphatic carboxylic acids is 1. The summed E-state index contributed by atoms with van der Waals surface area (Å²) in [5.74, 6) is -0.497. The zero-order valence-electron chi connectivity index (χ0n) is 16.1. The number of anilines is 1. The highest BCUT2D eigenvalue weighted by atomic mass is 35.5. The third-order valence-electron chi connectivity index (χ3n) is 4.26. The second-order valence-corrected chi connectivity index (χ2v) is 6.73. The van der Waals surface area contributed by atoms with E-state index in [1.807, 2.05) is 31.2 Å². The smallest absolute Gasteiger partial charge is 0.341 e. The van der Waals surface area contributed by atoms with E-state index in [4.69, 9.17) is 30.9 Å². The summed E-state index contributed by atoms with van der Waals surface area (Å²) in [4.78, 5) is 17.5. The molecule has 0 amide bonds. The van der Waals surface area contributed by atoms with Crippen LogP contribution in [-0.4, -0.2) is 56.8 Å². The highest BCUT2D eigenvalue weighted by molar-refractivity contribution is 6.32. The van der Waals surface area contributed by atoms with Gasteiger partial charge in [0.05, 0.1) is 30.5 Å². The van der Waals surface area contributed by atoms with E-state index in [0.29, 0.717) is 12.4 Å². The van der Waals surface area contributed by atoms with Gasteiger partial charge in [0.25, 0.3) is 0 Å². The van der Waals surface area contributed by atoms with E-state index in [2.05, 4.69) is 9.89 Å². The molecule has 1 aliphatic heterocycles. The van der Waals surface area contributed by atoms with Crippen LogP contribution in [0.5, 0.6) is 11.5 Å². The number of hydrogen-bond acceptors (Lipinski definition) is 6. The molecule has 3 rings (SSSR count). The molecule has 0 bridgehead atoms. The molecular weight excluding hydrogens is 396 g/mol. The van der Waals surface area contributed by atoms with Crippen LogP contribution in [-0.2, 0) is 9.53 Å². The number of carboxylic acids is 1. The Kier molecular flexibility index (Phi) is 7.32. The number of carbonyl (C=O) groups is 1. The van der Waals surface area contributed by atoms with Crippen molar-refractivity contribution in [2.24, 2.45) is 4.99 Å². The van der Waals surface area contributed by atoms with Gasteiger partial charge in [0.15, 0.2) is 18.1 Å². The van der Waals surface area contributed by atoms with Crippen molar-refractivity contribution in [1.82, 2.24) is 0 Å². The Morgan fingerprint density at radius 3 is 2.62 bits per heavy atom. The molecule has 8 heteroatoms. The fourth-order valence-corrected chi connectivity index (χ4v) is 3.19. The maximum absolute atomic E-state index is 10.8. The van der Waals surface area contributed by atoms with Crippen LogP contribution in [0.2, 0.25) is 5.02 Å². The van der Waals surface area contributed by atoms with E-state index < -0.39 is 12.6 Å². The van der Waals surface area contributed by atoms with Crippen LogP contribution >= 0.6 is 11.6 Å². The standard InChI is InChI=1S/C21H23ClN2O5/c1-2-28-19-12-15(11-18(22)21(19)29-14-20(25)26)13-23-16-3-5-17(6-4-16)24-7-9-27-10-8-24/h3-6,11-13H,2,7-10,14H2,1H3,(H,25,26). The molecule has 1 heterocycles. The summed E-state index contributed by atoms with van der Waals surface area (Å²) in [7, 11) is 0. The zero-order chi connectivity index (χ0) is 20.6. The molecule has 7 nitrogen and oxygen atoms in total. The molecule has 1 N–H and O–H groups in total. The van der Waals surface area contributed by atoms with Crippen molar-refractivity contribution >= 4 is 35.2 Å². The van der Waals surface area contributed by atoms with Crippen LogP contribution in [0, 0.1) is 0 Å². The Hall–Kier alpha value is -2.77. The van der Waals surface area contributed by atoms with E-state index in [1.54, 1.807) is 18.3 Å². The monoisotopic (exact) mass is 418 g/mol. The van der Waals surface area contributed by atoms with E-state index >= 15 is 0 Å². The molecule has 1 aliphatic rings. The second kappa shape index (κ2) is 10.1. The molecule has 154 valence electrons. The van der Waals surface area contributed by atoms with Gasteiger partial charge in [-0.05, 0) is 48.9 Å². The van der Waals surface area contributed by atoms with E-state index in [-0.39, 0.29) is 10.8 Å². The Labute approximate surface area is 174 Å². The summed E-state index contributed by atoms with van der Waals surface area (Å²) in [6.45, 7) is 4.98. The molecule has 0 spiro atoms. The first-order valence-corrected chi connectivity index (χ1v) is 9.72. The van der Waals surface area contributed by atoms with Gasteiger partial charge in [-0.1, -0.05) is 11.6 Å². The Bertz CT molecular complexity index is 864. The highest BCUT2D eigenvalue weighted by Gasteiger charge is 2.14. The van der Waals surface area contributed by atoms with Crippen molar-refractivity contribution in [3.8, 4) is 11.5 Å². The maximum atomic E-state index is 10.8. The maximum Gasteiger partial charge on any atom is 0.341 e. The molecule has 2 aromatic carbocycles. The SMILES string of the molecule is CCOc1cc(C=Nc2ccc(N3CCOCC3)cc2)cc(Cl)c1OCC(=O)O. The molecule has 0 aromatic heterocycles. The zero-order valence-corrected chi connectivity index (χ0v) is 16.9. The van der Waals surface area contributed by atoms with Crippen LogP contribution in [0.1, 0.15) is 12.5 Å². The second-order valence-electron chi connectivity index (χ2n) is 6.32. The molecule has 0 unspecified atom stereocenters. The van der Waals surface area contributed by atoms with Crippen molar-refractivity contribution < 1.29 is 24.1 Å². The van der Waals surface area contributed by atoms with Crippen molar-refractivity contribution in [3.63, 3.8) is 0 Å². The lowest BCUT2D eigenvalue weighted by Crippen LogP contribution is -2.36. The minimum atomic E-state index is -1.09. The molecule has 0 radical (unpaired) electrons. The summed E-state index contributed by atoms with van der Waals surface area (Å²) in [6, 6.07) is 11.4. The summed E-state index contributed by atoms with van der Waals surface area (Å²) in [6.07, 6.45) is 1.68. The third kappa shape index (κ3) is 5.85. The van der Waals surface area contributed by atoms with Crippen LogP contribution in [0.15, 0.2) is 41.4 Å². The summed E-state index contributed by atoms with van der Waals surface area (Å²) >= 11 is 6.27. The van der Waals surface area contributed by atoms with E-state index in [1.165, 1.54) is 0 Å². The fourth-order valence-electron chi connectivity index (χ4n) is 2.92. The number of halogens is 1. The lowest BCUT2D eigenvalue weighted by molar-refractivity contribution is -0.139. The first-order chi connectivity index (χ1) is 14.1. The predicted octanol–water partition coefficient (Wildman–Crippen LogP) is 3.79.